The molecule has 3 fully saturated rings. The summed E-state index contributed by atoms with van der Waals surface area (Å²) in [6.45, 7) is 4.05. The third-order valence-electron chi connectivity index (χ3n) is 8.76. The van der Waals surface area contributed by atoms with Crippen LogP contribution in [0.3, 0.4) is 0 Å². The minimum atomic E-state index is -1.22. The Balaban J connectivity index is 1.31. The Bertz CT molecular complexity index is 1480. The van der Waals surface area contributed by atoms with E-state index in [4.69, 9.17) is 4.74 Å². The summed E-state index contributed by atoms with van der Waals surface area (Å²) in [5.74, 6) is -2.51. The van der Waals surface area contributed by atoms with Crippen molar-refractivity contribution >= 4 is 44.7 Å². The summed E-state index contributed by atoms with van der Waals surface area (Å²) in [5.41, 5.74) is 1.18. The molecule has 3 aromatic rings. The van der Waals surface area contributed by atoms with E-state index in [1.807, 2.05) is 68.4 Å². The van der Waals surface area contributed by atoms with E-state index in [1.165, 1.54) is 4.90 Å². The molecule has 1 aromatic heterocycles. The quantitative estimate of drug-likeness (QED) is 0.289. The molecule has 3 unspecified atom stereocenters. The molecule has 1 spiro atoms. The van der Waals surface area contributed by atoms with Crippen molar-refractivity contribution in [2.75, 3.05) is 6.61 Å². The molecule has 3 N–H and O–H groups in total. The molecule has 42 heavy (non-hydrogen) atoms. The van der Waals surface area contributed by atoms with E-state index in [1.54, 1.807) is 4.68 Å². The monoisotopic (exact) mass is 638 g/mol. The van der Waals surface area contributed by atoms with Crippen molar-refractivity contribution in [3.05, 3.63) is 60.2 Å². The van der Waals surface area contributed by atoms with E-state index in [2.05, 4.69) is 36.9 Å². The van der Waals surface area contributed by atoms with Crippen molar-refractivity contribution < 1.29 is 24.2 Å². The van der Waals surface area contributed by atoms with Gasteiger partial charge in [-0.1, -0.05) is 77.5 Å². The first-order chi connectivity index (χ1) is 20.2. The highest BCUT2D eigenvalue weighted by Gasteiger charge is 2.77. The summed E-state index contributed by atoms with van der Waals surface area (Å²) in [4.78, 5) is 43.4. The van der Waals surface area contributed by atoms with Gasteiger partial charge in [0.25, 0.3) is 0 Å². The van der Waals surface area contributed by atoms with E-state index in [9.17, 15) is 19.5 Å². The second kappa shape index (κ2) is 11.4. The van der Waals surface area contributed by atoms with Gasteiger partial charge in [0.05, 0.1) is 36.1 Å². The zero-order valence-corrected chi connectivity index (χ0v) is 25.1. The van der Waals surface area contributed by atoms with Gasteiger partial charge in [-0.25, -0.2) is 4.68 Å². The standard InChI is InChI=1S/C30H35BrN6O5/c1-17(2)12-19(15-38)37-26(28(40)33-16-36-22-11-7-6-10-21(22)34-35-36)30-13-20(31)25(42-30)23(24(30)29(37)41)27(39)32-14-18-8-4-3-5-9-18/h3-11,17,19-20,23-26,38H,12-16H2,1-2H3,(H,32,39)(H,33,40)/t19-,20?,23-,24+,25-,26?,30?/m1/s1. The molecule has 0 aliphatic carbocycles. The van der Waals surface area contributed by atoms with Crippen LogP contribution in [0, 0.1) is 17.8 Å². The zero-order chi connectivity index (χ0) is 29.6. The number of ether oxygens (including phenoxy) is 1. The van der Waals surface area contributed by atoms with Gasteiger partial charge < -0.3 is 25.4 Å². The van der Waals surface area contributed by atoms with Gasteiger partial charge >= 0.3 is 0 Å². The Morgan fingerprint density at radius 3 is 2.60 bits per heavy atom. The lowest BCUT2D eigenvalue weighted by molar-refractivity contribution is -0.146. The number of carbonyl (C=O) groups is 3. The maximum Gasteiger partial charge on any atom is 0.247 e. The number of fused-ring (bicyclic) bond motifs is 2. The summed E-state index contributed by atoms with van der Waals surface area (Å²) in [7, 11) is 0. The van der Waals surface area contributed by atoms with Gasteiger partial charge in [0.2, 0.25) is 17.7 Å². The van der Waals surface area contributed by atoms with E-state index >= 15 is 0 Å². The number of rotatable bonds is 10. The SMILES string of the molecule is CC(C)C[C@H](CO)N1C(=O)[C@@H]2[C@@H](C(=O)NCc3ccccc3)[C@@H]3OC2(CC3Br)C1C(=O)NCn1nnc2ccccc21. The van der Waals surface area contributed by atoms with Crippen LogP contribution in [0.2, 0.25) is 0 Å². The normalized spacial score (nSPS) is 28.8. The number of nitrogens with zero attached hydrogens (tertiary/aromatic N) is 4. The van der Waals surface area contributed by atoms with Crippen LogP contribution in [-0.4, -0.2) is 77.9 Å². The zero-order valence-electron chi connectivity index (χ0n) is 23.5. The molecule has 3 amide bonds. The number of hydrogen-bond acceptors (Lipinski definition) is 7. The number of aliphatic hydroxyl groups is 1. The van der Waals surface area contributed by atoms with Crippen molar-refractivity contribution in [3.63, 3.8) is 0 Å². The van der Waals surface area contributed by atoms with Gasteiger partial charge in [0.1, 0.15) is 23.8 Å². The van der Waals surface area contributed by atoms with Crippen molar-refractivity contribution in [1.29, 1.82) is 0 Å². The first kappa shape index (κ1) is 28.8. The number of amides is 3. The fraction of sp³-hybridized carbons (Fsp3) is 0.500. The Kier molecular flexibility index (Phi) is 7.79. The maximum atomic E-state index is 14.3. The van der Waals surface area contributed by atoms with Crippen LogP contribution in [0.5, 0.6) is 0 Å². The molecule has 12 heteroatoms. The molecule has 3 saturated heterocycles. The Hall–Kier alpha value is -3.35. The Morgan fingerprint density at radius 1 is 1.12 bits per heavy atom. The first-order valence-electron chi connectivity index (χ1n) is 14.4. The highest BCUT2D eigenvalue weighted by molar-refractivity contribution is 9.09. The van der Waals surface area contributed by atoms with Crippen molar-refractivity contribution in [2.45, 2.75) is 68.5 Å². The minimum Gasteiger partial charge on any atom is -0.394 e. The molecule has 3 aliphatic rings. The van der Waals surface area contributed by atoms with Crippen LogP contribution in [0.4, 0.5) is 0 Å². The lowest BCUT2D eigenvalue weighted by Crippen LogP contribution is -2.58. The number of hydrogen-bond donors (Lipinski definition) is 3. The number of para-hydroxylation sites is 1. The highest BCUT2D eigenvalue weighted by atomic mass is 79.9. The number of carbonyl (C=O) groups excluding carboxylic acids is 3. The van der Waals surface area contributed by atoms with Crippen molar-refractivity contribution in [3.8, 4) is 0 Å². The van der Waals surface area contributed by atoms with Crippen LogP contribution < -0.4 is 10.6 Å². The molecule has 222 valence electrons. The molecule has 3 aliphatic heterocycles. The van der Waals surface area contributed by atoms with Crippen molar-refractivity contribution in [2.24, 2.45) is 17.8 Å². The van der Waals surface area contributed by atoms with Crippen LogP contribution in [-0.2, 0) is 32.3 Å². The third kappa shape index (κ3) is 4.79. The summed E-state index contributed by atoms with van der Waals surface area (Å²) >= 11 is 3.70. The van der Waals surface area contributed by atoms with Gasteiger partial charge in [-0.3, -0.25) is 14.4 Å². The van der Waals surface area contributed by atoms with E-state index < -0.39 is 41.5 Å². The summed E-state index contributed by atoms with van der Waals surface area (Å²) in [5, 5.41) is 24.7. The van der Waals surface area contributed by atoms with E-state index in [0.29, 0.717) is 24.9 Å². The number of likely N-dealkylation sites (tertiary alicyclic amines) is 1. The van der Waals surface area contributed by atoms with Crippen LogP contribution in [0.1, 0.15) is 32.3 Å². The number of nitrogens with one attached hydrogen (secondary N) is 2. The largest absolute Gasteiger partial charge is 0.394 e. The molecular formula is C30H35BrN6O5. The van der Waals surface area contributed by atoms with Crippen LogP contribution in [0.15, 0.2) is 54.6 Å². The molecule has 0 saturated carbocycles. The molecule has 2 aromatic carbocycles. The van der Waals surface area contributed by atoms with E-state index in [-0.39, 0.29) is 35.8 Å². The smallest absolute Gasteiger partial charge is 0.247 e. The minimum absolute atomic E-state index is 0.0365. The van der Waals surface area contributed by atoms with Gasteiger partial charge in [0.15, 0.2) is 0 Å². The van der Waals surface area contributed by atoms with Crippen LogP contribution in [0.25, 0.3) is 11.0 Å². The van der Waals surface area contributed by atoms with Crippen molar-refractivity contribution in [1.82, 2.24) is 30.5 Å². The fourth-order valence-corrected chi connectivity index (χ4v) is 8.01. The predicted octanol–water partition coefficient (Wildman–Crippen LogP) is 1.98. The molecule has 7 atom stereocenters. The lowest BCUT2D eigenvalue weighted by atomic mass is 9.70. The Morgan fingerprint density at radius 2 is 1.86 bits per heavy atom. The second-order valence-corrected chi connectivity index (χ2v) is 13.0. The highest BCUT2D eigenvalue weighted by Crippen LogP contribution is 2.60. The number of aliphatic hydroxyl groups excluding tert-OH is 1. The van der Waals surface area contributed by atoms with Gasteiger partial charge in [-0.15, -0.1) is 5.10 Å². The molecule has 0 radical (unpaired) electrons. The average molecular weight is 640 g/mol. The molecule has 11 nitrogen and oxygen atoms in total. The number of aromatic nitrogens is 3. The molecule has 6 rings (SSSR count). The molecule has 2 bridgehead atoms. The Labute approximate surface area is 252 Å². The topological polar surface area (TPSA) is 139 Å². The van der Waals surface area contributed by atoms with Gasteiger partial charge in [-0.2, -0.15) is 0 Å². The van der Waals surface area contributed by atoms with E-state index in [0.717, 1.165) is 11.1 Å². The number of benzene rings is 2. The summed E-state index contributed by atoms with van der Waals surface area (Å²) < 4.78 is 8.16. The number of alkyl halides is 1. The summed E-state index contributed by atoms with van der Waals surface area (Å²) in [6.07, 6.45) is 0.315. The van der Waals surface area contributed by atoms with Gasteiger partial charge in [-0.05, 0) is 36.5 Å². The molecule has 4 heterocycles. The lowest BCUT2D eigenvalue weighted by Gasteiger charge is -2.37. The van der Waals surface area contributed by atoms with Crippen LogP contribution >= 0.6 is 15.9 Å². The second-order valence-electron chi connectivity index (χ2n) is 11.9. The molecular weight excluding hydrogens is 604 g/mol. The fourth-order valence-electron chi connectivity index (χ4n) is 7.07. The number of halogens is 1. The summed E-state index contributed by atoms with van der Waals surface area (Å²) in [6, 6.07) is 15.3. The predicted molar refractivity (Wildman–Crippen MR) is 157 cm³/mol. The average Bonchev–Trinajstić information content (AvgIpc) is 3.71. The van der Waals surface area contributed by atoms with Gasteiger partial charge in [0, 0.05) is 11.4 Å². The maximum absolute atomic E-state index is 14.3. The third-order valence-corrected chi connectivity index (χ3v) is 9.60. The first-order valence-corrected chi connectivity index (χ1v) is 15.3.